The summed E-state index contributed by atoms with van der Waals surface area (Å²) in [5.41, 5.74) is 2.74. The number of nitrogens with zero attached hydrogens (tertiary/aromatic N) is 3. The van der Waals surface area contributed by atoms with Crippen molar-refractivity contribution in [3.05, 3.63) is 51.8 Å². The Labute approximate surface area is 188 Å². The highest BCUT2D eigenvalue weighted by molar-refractivity contribution is 6.33. The number of amides is 2. The first-order chi connectivity index (χ1) is 14.5. The summed E-state index contributed by atoms with van der Waals surface area (Å²) in [5, 5.41) is 7.85. The van der Waals surface area contributed by atoms with E-state index in [0.29, 0.717) is 48.9 Å². The van der Waals surface area contributed by atoms with Crippen LogP contribution in [0.25, 0.3) is 0 Å². The molecule has 0 aliphatic carbocycles. The molecule has 1 aromatic heterocycles. The second-order valence-corrected chi connectivity index (χ2v) is 9.47. The molecule has 7 nitrogen and oxygen atoms in total. The molecule has 0 spiro atoms. The van der Waals surface area contributed by atoms with E-state index in [1.165, 1.54) is 5.56 Å². The molecule has 8 heteroatoms. The Morgan fingerprint density at radius 3 is 2.35 bits per heavy atom. The van der Waals surface area contributed by atoms with Crippen molar-refractivity contribution >= 4 is 23.6 Å². The van der Waals surface area contributed by atoms with Crippen LogP contribution in [0.4, 0.5) is 4.79 Å². The molecule has 1 fully saturated rings. The fraction of sp³-hybridized carbons (Fsp3) is 0.522. The van der Waals surface area contributed by atoms with E-state index < -0.39 is 5.60 Å². The van der Waals surface area contributed by atoms with Crippen molar-refractivity contribution < 1.29 is 14.3 Å². The first-order valence-corrected chi connectivity index (χ1v) is 11.0. The van der Waals surface area contributed by atoms with E-state index in [0.717, 1.165) is 5.56 Å². The lowest BCUT2D eigenvalue weighted by molar-refractivity contribution is 0.0199. The molecule has 3 rings (SSSR count). The van der Waals surface area contributed by atoms with Gasteiger partial charge in [0.2, 0.25) is 0 Å². The Hall–Kier alpha value is -2.54. The zero-order valence-corrected chi connectivity index (χ0v) is 19.6. The number of carbonyl (C=O) groups excluding carboxylic acids is 2. The molecule has 0 bridgehead atoms. The Morgan fingerprint density at radius 1 is 1.16 bits per heavy atom. The van der Waals surface area contributed by atoms with Crippen molar-refractivity contribution in [2.75, 3.05) is 13.1 Å². The fourth-order valence-electron chi connectivity index (χ4n) is 3.57. The Bertz CT molecular complexity index is 939. The van der Waals surface area contributed by atoms with E-state index in [1.54, 1.807) is 16.5 Å². The molecule has 168 valence electrons. The quantitative estimate of drug-likeness (QED) is 0.758. The summed E-state index contributed by atoms with van der Waals surface area (Å²) in [4.78, 5) is 26.8. The molecule has 1 aliphatic rings. The van der Waals surface area contributed by atoms with Crippen LogP contribution in [0.5, 0.6) is 0 Å². The molecule has 0 atom stereocenters. The van der Waals surface area contributed by atoms with Crippen molar-refractivity contribution in [2.24, 2.45) is 0 Å². The van der Waals surface area contributed by atoms with Crippen molar-refractivity contribution in [2.45, 2.75) is 65.6 Å². The third-order valence-corrected chi connectivity index (χ3v) is 5.61. The Balaban J connectivity index is 1.59. The number of carbonyl (C=O) groups is 2. The average molecular weight is 447 g/mol. The van der Waals surface area contributed by atoms with Gasteiger partial charge in [0.1, 0.15) is 10.8 Å². The lowest BCUT2D eigenvalue weighted by Crippen LogP contribution is -2.47. The van der Waals surface area contributed by atoms with Gasteiger partial charge in [-0.05, 0) is 53.0 Å². The molecule has 2 amide bonds. The largest absolute Gasteiger partial charge is 0.444 e. The Kier molecular flexibility index (Phi) is 6.94. The number of halogens is 1. The summed E-state index contributed by atoms with van der Waals surface area (Å²) in [6.45, 7) is 11.0. The minimum absolute atomic E-state index is 0.0258. The molecule has 2 heterocycles. The number of hydrogen-bond donors (Lipinski definition) is 1. The number of hydrogen-bond acceptors (Lipinski definition) is 4. The van der Waals surface area contributed by atoms with Crippen LogP contribution in [-0.2, 0) is 11.3 Å². The third-order valence-electron chi connectivity index (χ3n) is 5.23. The second-order valence-electron chi connectivity index (χ2n) is 9.11. The lowest BCUT2D eigenvalue weighted by atomic mass is 10.0. The maximum Gasteiger partial charge on any atom is 0.410 e. The number of benzene rings is 1. The van der Waals surface area contributed by atoms with Crippen LogP contribution in [-0.4, -0.2) is 51.4 Å². The number of aromatic nitrogens is 2. The molecular weight excluding hydrogens is 416 g/mol. The van der Waals surface area contributed by atoms with Gasteiger partial charge in [-0.25, -0.2) is 9.48 Å². The molecule has 0 radical (unpaired) electrons. The molecule has 0 saturated carbocycles. The summed E-state index contributed by atoms with van der Waals surface area (Å²) < 4.78 is 7.08. The monoisotopic (exact) mass is 446 g/mol. The molecule has 1 saturated heterocycles. The van der Waals surface area contributed by atoms with Crippen LogP contribution in [0.3, 0.4) is 0 Å². The molecule has 0 unspecified atom stereocenters. The maximum atomic E-state index is 12.9. The summed E-state index contributed by atoms with van der Waals surface area (Å²) in [5.74, 6) is -0.228. The van der Waals surface area contributed by atoms with Crippen LogP contribution >= 0.6 is 11.6 Å². The molecule has 2 aromatic rings. The third kappa shape index (κ3) is 6.00. The highest BCUT2D eigenvalue weighted by Crippen LogP contribution is 2.22. The van der Waals surface area contributed by atoms with Gasteiger partial charge in [0.15, 0.2) is 0 Å². The van der Waals surface area contributed by atoms with Crippen molar-refractivity contribution in [1.29, 1.82) is 0 Å². The van der Waals surface area contributed by atoms with E-state index in [4.69, 9.17) is 16.3 Å². The number of likely N-dealkylation sites (tertiary alicyclic amines) is 1. The molecule has 1 aromatic carbocycles. The topological polar surface area (TPSA) is 76.5 Å². The van der Waals surface area contributed by atoms with E-state index in [9.17, 15) is 9.59 Å². The second kappa shape index (κ2) is 9.30. The zero-order valence-electron chi connectivity index (χ0n) is 18.9. The molecular formula is C23H31ClN4O3. The van der Waals surface area contributed by atoms with Gasteiger partial charge in [-0.3, -0.25) is 4.79 Å². The standard InChI is InChI=1S/C23H31ClN4O3/c1-15-6-8-17(9-7-15)14-28-20(24)19(16(2)26-28)21(29)25-18-10-12-27(13-11-18)22(30)31-23(3,4)5/h6-9,18H,10-14H2,1-5H3,(H,25,29). The zero-order chi connectivity index (χ0) is 22.8. The van der Waals surface area contributed by atoms with Crippen LogP contribution < -0.4 is 5.32 Å². The SMILES string of the molecule is Cc1ccc(Cn2nc(C)c(C(=O)NC3CCN(C(=O)OC(C)(C)C)CC3)c2Cl)cc1. The van der Waals surface area contributed by atoms with E-state index >= 15 is 0 Å². The van der Waals surface area contributed by atoms with Gasteiger partial charge in [0.05, 0.1) is 17.8 Å². The number of nitrogens with one attached hydrogen (secondary N) is 1. The Morgan fingerprint density at radius 2 is 1.77 bits per heavy atom. The van der Waals surface area contributed by atoms with Gasteiger partial charge >= 0.3 is 6.09 Å². The smallest absolute Gasteiger partial charge is 0.410 e. The van der Waals surface area contributed by atoms with Crippen LogP contribution in [0, 0.1) is 13.8 Å². The number of ether oxygens (including phenoxy) is 1. The lowest BCUT2D eigenvalue weighted by Gasteiger charge is -2.33. The number of aryl methyl sites for hydroxylation is 2. The maximum absolute atomic E-state index is 12.9. The van der Waals surface area contributed by atoms with Crippen molar-refractivity contribution in [3.8, 4) is 0 Å². The van der Waals surface area contributed by atoms with E-state index in [-0.39, 0.29) is 18.0 Å². The molecule has 1 N–H and O–H groups in total. The van der Waals surface area contributed by atoms with Gasteiger partial charge < -0.3 is 15.0 Å². The van der Waals surface area contributed by atoms with Gasteiger partial charge in [-0.1, -0.05) is 41.4 Å². The number of piperidine rings is 1. The highest BCUT2D eigenvalue weighted by atomic mass is 35.5. The predicted molar refractivity (Wildman–Crippen MR) is 121 cm³/mol. The normalized spacial score (nSPS) is 15.1. The number of rotatable bonds is 4. The minimum Gasteiger partial charge on any atom is -0.444 e. The predicted octanol–water partition coefficient (Wildman–Crippen LogP) is 4.33. The van der Waals surface area contributed by atoms with Gasteiger partial charge in [0.25, 0.3) is 5.91 Å². The van der Waals surface area contributed by atoms with Crippen molar-refractivity contribution in [1.82, 2.24) is 20.0 Å². The van der Waals surface area contributed by atoms with Gasteiger partial charge in [0, 0.05) is 19.1 Å². The average Bonchev–Trinajstić information content (AvgIpc) is 2.96. The van der Waals surface area contributed by atoms with Gasteiger partial charge in [-0.2, -0.15) is 5.10 Å². The minimum atomic E-state index is -0.519. The molecule has 1 aliphatic heterocycles. The van der Waals surface area contributed by atoms with Crippen molar-refractivity contribution in [3.63, 3.8) is 0 Å². The summed E-state index contributed by atoms with van der Waals surface area (Å²) in [6.07, 6.45) is 1.02. The van der Waals surface area contributed by atoms with Crippen LogP contribution in [0.15, 0.2) is 24.3 Å². The first-order valence-electron chi connectivity index (χ1n) is 10.6. The molecule has 31 heavy (non-hydrogen) atoms. The summed E-state index contributed by atoms with van der Waals surface area (Å²) in [6, 6.07) is 8.11. The first kappa shape index (κ1) is 23.1. The summed E-state index contributed by atoms with van der Waals surface area (Å²) in [7, 11) is 0. The van der Waals surface area contributed by atoms with E-state index in [2.05, 4.69) is 10.4 Å². The highest BCUT2D eigenvalue weighted by Gasteiger charge is 2.29. The van der Waals surface area contributed by atoms with Crippen LogP contribution in [0.1, 0.15) is 60.8 Å². The fourth-order valence-corrected chi connectivity index (χ4v) is 3.89. The summed E-state index contributed by atoms with van der Waals surface area (Å²) >= 11 is 6.52. The van der Waals surface area contributed by atoms with Gasteiger partial charge in [-0.15, -0.1) is 0 Å². The van der Waals surface area contributed by atoms with E-state index in [1.807, 2.05) is 52.0 Å². The van der Waals surface area contributed by atoms with Crippen LogP contribution in [0.2, 0.25) is 5.15 Å².